The van der Waals surface area contributed by atoms with E-state index in [-0.39, 0.29) is 0 Å². The quantitative estimate of drug-likeness (QED) is 0.454. The van der Waals surface area contributed by atoms with Gasteiger partial charge in [-0.2, -0.15) is 0 Å². The molecule has 1 N–H and O–H groups in total. The van der Waals surface area contributed by atoms with Gasteiger partial charge in [-0.05, 0) is 35.9 Å². The molecule has 0 amide bonds. The Kier molecular flexibility index (Phi) is 5.46. The van der Waals surface area contributed by atoms with E-state index in [4.69, 9.17) is 16.6 Å². The number of rotatable bonds is 5. The lowest BCUT2D eigenvalue weighted by Crippen LogP contribution is -2.48. The lowest BCUT2D eigenvalue weighted by atomic mass is 10.0. The lowest BCUT2D eigenvalue weighted by Gasteiger charge is -2.38. The van der Waals surface area contributed by atoms with Gasteiger partial charge in [-0.25, -0.2) is 0 Å². The predicted octanol–water partition coefficient (Wildman–Crippen LogP) is 5.08. The van der Waals surface area contributed by atoms with Gasteiger partial charge in [0.2, 0.25) is 0 Å². The Hall–Kier alpha value is -2.99. The van der Waals surface area contributed by atoms with Crippen molar-refractivity contribution in [3.63, 3.8) is 0 Å². The monoisotopic (exact) mass is 455 g/mol. The van der Waals surface area contributed by atoms with Crippen LogP contribution in [-0.4, -0.2) is 59.0 Å². The fourth-order valence-corrected chi connectivity index (χ4v) is 5.41. The molecule has 1 fully saturated rings. The van der Waals surface area contributed by atoms with Crippen molar-refractivity contribution >= 4 is 28.2 Å². The summed E-state index contributed by atoms with van der Waals surface area (Å²) in [5.41, 5.74) is 7.21. The highest BCUT2D eigenvalue weighted by Gasteiger charge is 2.34. The molecule has 6 heteroatoms. The molecule has 1 unspecified atom stereocenters. The van der Waals surface area contributed by atoms with E-state index >= 15 is 0 Å². The third kappa shape index (κ3) is 3.86. The molecular weight excluding hydrogens is 430 g/mol. The van der Waals surface area contributed by atoms with Crippen LogP contribution in [0.4, 0.5) is 5.69 Å². The largest absolute Gasteiger partial charge is 0.383 e. The maximum atomic E-state index is 6.12. The number of anilines is 1. The smallest absolute Gasteiger partial charge is 0.0756 e. The molecule has 4 aromatic rings. The molecule has 1 atom stereocenters. The lowest BCUT2D eigenvalue weighted by molar-refractivity contribution is 0.114. The maximum Gasteiger partial charge on any atom is 0.0756 e. The summed E-state index contributed by atoms with van der Waals surface area (Å²) in [7, 11) is 0. The third-order valence-electron chi connectivity index (χ3n) is 6.86. The first-order chi connectivity index (χ1) is 16.3. The van der Waals surface area contributed by atoms with Crippen molar-refractivity contribution in [1.82, 2.24) is 19.8 Å². The minimum atomic E-state index is 0.320. The van der Waals surface area contributed by atoms with E-state index in [0.29, 0.717) is 11.1 Å². The van der Waals surface area contributed by atoms with Crippen LogP contribution in [0.2, 0.25) is 5.02 Å². The van der Waals surface area contributed by atoms with Crippen LogP contribution in [0.3, 0.4) is 0 Å². The Balaban J connectivity index is 1.09. The molecule has 5 nitrogen and oxygen atoms in total. The Morgan fingerprint density at radius 1 is 0.879 bits per heavy atom. The second kappa shape index (κ2) is 8.75. The predicted molar refractivity (Wildman–Crippen MR) is 135 cm³/mol. The maximum absolute atomic E-state index is 6.12. The van der Waals surface area contributed by atoms with Gasteiger partial charge in [0.05, 0.1) is 17.3 Å². The van der Waals surface area contributed by atoms with Crippen LogP contribution < -0.4 is 5.32 Å². The second-order valence-corrected chi connectivity index (χ2v) is 9.19. The van der Waals surface area contributed by atoms with Gasteiger partial charge < -0.3 is 5.32 Å². The Bertz CT molecular complexity index is 1250. The summed E-state index contributed by atoms with van der Waals surface area (Å²) in [6.45, 7) is 6.19. The van der Waals surface area contributed by atoms with Crippen LogP contribution >= 0.6 is 11.6 Å². The number of hydrogen-bond donors (Lipinski definition) is 1. The van der Waals surface area contributed by atoms with E-state index in [1.54, 1.807) is 0 Å². The van der Waals surface area contributed by atoms with Crippen LogP contribution in [0, 0.1) is 0 Å². The number of fused-ring (bicyclic) bond motifs is 4. The number of hydrogen-bond acceptors (Lipinski definition) is 5. The number of nitrogens with zero attached hydrogens (tertiary/aromatic N) is 4. The zero-order chi connectivity index (χ0) is 22.2. The van der Waals surface area contributed by atoms with Gasteiger partial charge in [-0.15, -0.1) is 0 Å². The molecule has 0 spiro atoms. The van der Waals surface area contributed by atoms with Crippen molar-refractivity contribution in [3.05, 3.63) is 89.2 Å². The number of aromatic nitrogens is 2. The number of piperazine rings is 1. The highest BCUT2D eigenvalue weighted by molar-refractivity contribution is 6.31. The minimum Gasteiger partial charge on any atom is -0.383 e. The van der Waals surface area contributed by atoms with Crippen molar-refractivity contribution in [2.24, 2.45) is 0 Å². The molecule has 166 valence electrons. The number of halogens is 1. The van der Waals surface area contributed by atoms with Gasteiger partial charge in [0, 0.05) is 78.9 Å². The highest BCUT2D eigenvalue weighted by atomic mass is 35.5. The Morgan fingerprint density at radius 2 is 1.73 bits per heavy atom. The van der Waals surface area contributed by atoms with E-state index in [0.717, 1.165) is 61.6 Å². The molecular formula is C27H26ClN5. The van der Waals surface area contributed by atoms with Gasteiger partial charge in [-0.1, -0.05) is 41.9 Å². The van der Waals surface area contributed by atoms with Gasteiger partial charge >= 0.3 is 0 Å². The van der Waals surface area contributed by atoms with Gasteiger partial charge in [0.25, 0.3) is 0 Å². The summed E-state index contributed by atoms with van der Waals surface area (Å²) in [5, 5.41) is 5.43. The standard InChI is InChI=1S/C27H26ClN5/c28-19-7-8-22-24(9-11-29-25(22)18-19)30-12-13-32-14-16-33(17-15-32)27-21-5-2-1-4-20(21)26-23(27)6-3-10-31-26/h1-11,18,27H,12-17H2,(H,29,30). The fraction of sp³-hybridized carbons (Fsp3) is 0.259. The fourth-order valence-electron chi connectivity index (χ4n) is 5.24. The van der Waals surface area contributed by atoms with Crippen LogP contribution in [0.1, 0.15) is 17.2 Å². The van der Waals surface area contributed by atoms with E-state index in [9.17, 15) is 0 Å². The average Bonchev–Trinajstić information content (AvgIpc) is 3.19. The summed E-state index contributed by atoms with van der Waals surface area (Å²) in [6, 6.07) is 21.3. The molecule has 0 saturated carbocycles. The average molecular weight is 456 g/mol. The Labute approximate surface area is 199 Å². The molecule has 1 aliphatic heterocycles. The van der Waals surface area contributed by atoms with Crippen molar-refractivity contribution in [2.75, 3.05) is 44.6 Å². The number of nitrogens with one attached hydrogen (secondary N) is 1. The van der Waals surface area contributed by atoms with Crippen LogP contribution in [0.25, 0.3) is 22.2 Å². The topological polar surface area (TPSA) is 44.3 Å². The second-order valence-electron chi connectivity index (χ2n) is 8.76. The summed E-state index contributed by atoms with van der Waals surface area (Å²) in [5.74, 6) is 0. The molecule has 6 rings (SSSR count). The first-order valence-corrected chi connectivity index (χ1v) is 11.9. The number of pyridine rings is 2. The zero-order valence-electron chi connectivity index (χ0n) is 18.4. The summed E-state index contributed by atoms with van der Waals surface area (Å²) in [6.07, 6.45) is 3.75. The van der Waals surface area contributed by atoms with Gasteiger partial charge in [0.1, 0.15) is 0 Å². The number of benzene rings is 2. The highest BCUT2D eigenvalue weighted by Crippen LogP contribution is 2.45. The Morgan fingerprint density at radius 3 is 2.64 bits per heavy atom. The van der Waals surface area contributed by atoms with Crippen LogP contribution in [0.15, 0.2) is 73.1 Å². The van der Waals surface area contributed by atoms with E-state index in [1.165, 1.54) is 16.7 Å². The van der Waals surface area contributed by atoms with Crippen LogP contribution in [0.5, 0.6) is 0 Å². The van der Waals surface area contributed by atoms with Crippen molar-refractivity contribution < 1.29 is 0 Å². The summed E-state index contributed by atoms with van der Waals surface area (Å²) < 4.78 is 0. The third-order valence-corrected chi connectivity index (χ3v) is 7.10. The van der Waals surface area contributed by atoms with Crippen molar-refractivity contribution in [3.8, 4) is 11.3 Å². The van der Waals surface area contributed by atoms with Crippen molar-refractivity contribution in [2.45, 2.75) is 6.04 Å². The molecule has 2 aliphatic rings. The molecule has 0 radical (unpaired) electrons. The van der Waals surface area contributed by atoms with Gasteiger partial charge in [-0.3, -0.25) is 19.8 Å². The van der Waals surface area contributed by atoms with E-state index < -0.39 is 0 Å². The normalized spacial score (nSPS) is 18.3. The molecule has 2 aromatic carbocycles. The summed E-state index contributed by atoms with van der Waals surface area (Å²) in [4.78, 5) is 14.3. The zero-order valence-corrected chi connectivity index (χ0v) is 19.2. The van der Waals surface area contributed by atoms with E-state index in [2.05, 4.69) is 56.5 Å². The first kappa shape index (κ1) is 20.6. The minimum absolute atomic E-state index is 0.320. The van der Waals surface area contributed by atoms with E-state index in [1.807, 2.05) is 36.7 Å². The molecule has 33 heavy (non-hydrogen) atoms. The first-order valence-electron chi connectivity index (χ1n) is 11.6. The molecule has 1 aliphatic carbocycles. The van der Waals surface area contributed by atoms with Gasteiger partial charge in [0.15, 0.2) is 0 Å². The van der Waals surface area contributed by atoms with Crippen molar-refractivity contribution in [1.29, 1.82) is 0 Å². The molecule has 1 saturated heterocycles. The van der Waals surface area contributed by atoms with Crippen LogP contribution in [-0.2, 0) is 0 Å². The molecule has 0 bridgehead atoms. The summed E-state index contributed by atoms with van der Waals surface area (Å²) >= 11 is 6.12. The SMILES string of the molecule is Clc1ccc2c(NCCN3CCN(C4c5ccccc5-c5ncccc54)CC3)ccnc2c1. The molecule has 3 heterocycles. The molecule has 2 aromatic heterocycles.